The molecule has 32 heavy (non-hydrogen) atoms. The molecule has 0 radical (unpaired) electrons. The van der Waals surface area contributed by atoms with Gasteiger partial charge in [0.2, 0.25) is 15.9 Å². The number of benzene rings is 2. The number of aryl methyl sites for hydroxylation is 2. The fraction of sp³-hybridized carbons (Fsp3) is 0.318. The number of nitrogens with one attached hydrogen (secondary N) is 1. The molecule has 1 aliphatic carbocycles. The molecule has 0 spiro atoms. The lowest BCUT2D eigenvalue weighted by molar-refractivity contribution is -0.121. The van der Waals surface area contributed by atoms with Crippen molar-refractivity contribution in [3.63, 3.8) is 0 Å². The maximum atomic E-state index is 13.3. The van der Waals surface area contributed by atoms with Crippen LogP contribution >= 0.6 is 0 Å². The first-order valence-corrected chi connectivity index (χ1v) is 11.9. The van der Waals surface area contributed by atoms with E-state index in [1.165, 1.54) is 17.0 Å². The number of nitrogens with zero attached hydrogens (tertiary/aromatic N) is 3. The zero-order chi connectivity index (χ0) is 22.3. The lowest BCUT2D eigenvalue weighted by atomic mass is 9.88. The first kappa shape index (κ1) is 20.7. The Morgan fingerprint density at radius 1 is 1.22 bits per heavy atom. The number of ether oxygens (including phenoxy) is 1. The summed E-state index contributed by atoms with van der Waals surface area (Å²) in [7, 11) is -3.84. The van der Waals surface area contributed by atoms with Crippen molar-refractivity contribution in [2.75, 3.05) is 11.5 Å². The molecule has 10 heteroatoms. The molecule has 9 nitrogen and oxygen atoms in total. The van der Waals surface area contributed by atoms with Crippen molar-refractivity contribution >= 4 is 21.6 Å². The molecular formula is C22H22N4O5S. The summed E-state index contributed by atoms with van der Waals surface area (Å²) in [5.74, 6) is 0.818. The summed E-state index contributed by atoms with van der Waals surface area (Å²) in [6, 6.07) is 12.1. The maximum Gasteiger partial charge on any atom is 0.265 e. The molecule has 2 aliphatic rings. The summed E-state index contributed by atoms with van der Waals surface area (Å²) >= 11 is 0. The number of carbonyl (C=O) groups excluding carboxylic acids is 1. The third-order valence-electron chi connectivity index (χ3n) is 5.72. The quantitative estimate of drug-likeness (QED) is 0.630. The van der Waals surface area contributed by atoms with Crippen LogP contribution in [0.25, 0.3) is 0 Å². The fourth-order valence-electron chi connectivity index (χ4n) is 4.20. The molecule has 2 heterocycles. The number of anilines is 1. The Morgan fingerprint density at radius 3 is 2.88 bits per heavy atom. The Kier molecular flexibility index (Phi) is 5.18. The van der Waals surface area contributed by atoms with E-state index in [0.29, 0.717) is 23.2 Å². The van der Waals surface area contributed by atoms with Crippen LogP contribution in [0.3, 0.4) is 0 Å². The molecule has 1 amide bonds. The predicted molar refractivity (Wildman–Crippen MR) is 115 cm³/mol. The summed E-state index contributed by atoms with van der Waals surface area (Å²) in [5, 5.41) is 3.84. The molecule has 1 atom stereocenters. The summed E-state index contributed by atoms with van der Waals surface area (Å²) in [5.41, 5.74) is 2.53. The molecule has 0 saturated heterocycles. The minimum absolute atomic E-state index is 0.0550. The topological polar surface area (TPSA) is 115 Å². The van der Waals surface area contributed by atoms with Crippen molar-refractivity contribution in [3.05, 3.63) is 65.3 Å². The zero-order valence-corrected chi connectivity index (χ0v) is 18.3. The second-order valence-electron chi connectivity index (χ2n) is 7.89. The van der Waals surface area contributed by atoms with Gasteiger partial charge in [-0.05, 0) is 48.6 Å². The van der Waals surface area contributed by atoms with Gasteiger partial charge in [-0.2, -0.15) is 4.98 Å². The van der Waals surface area contributed by atoms with E-state index in [1.54, 1.807) is 13.0 Å². The molecule has 5 rings (SSSR count). The van der Waals surface area contributed by atoms with Crippen LogP contribution in [0.2, 0.25) is 0 Å². The molecule has 166 valence electrons. The molecule has 1 aliphatic heterocycles. The van der Waals surface area contributed by atoms with Crippen LogP contribution in [0.4, 0.5) is 5.69 Å². The molecule has 0 bridgehead atoms. The van der Waals surface area contributed by atoms with Crippen LogP contribution in [0.5, 0.6) is 5.75 Å². The standard InChI is InChI=1S/C22H22N4O5S/c1-14-23-21(24-31-14)12-26-19-11-16(9-10-20(19)30-13-22(26)27)32(28,29)25-18-8-4-6-15-5-2-3-7-17(15)18/h2-3,5,7,9-11,18,25H,4,6,8,12-13H2,1H3. The highest BCUT2D eigenvalue weighted by atomic mass is 32.2. The SMILES string of the molecule is Cc1nc(CN2C(=O)COc3ccc(S(=O)(=O)NC4CCCc5ccccc54)cc32)no1. The number of carbonyl (C=O) groups is 1. The number of rotatable bonds is 5. The van der Waals surface area contributed by atoms with E-state index in [-0.39, 0.29) is 30.0 Å². The van der Waals surface area contributed by atoms with E-state index in [2.05, 4.69) is 14.9 Å². The summed E-state index contributed by atoms with van der Waals surface area (Å²) in [6.07, 6.45) is 2.58. The van der Waals surface area contributed by atoms with E-state index in [4.69, 9.17) is 9.26 Å². The highest BCUT2D eigenvalue weighted by Crippen LogP contribution is 2.36. The third-order valence-corrected chi connectivity index (χ3v) is 7.19. The van der Waals surface area contributed by atoms with Crippen molar-refractivity contribution in [2.24, 2.45) is 0 Å². The average molecular weight is 455 g/mol. The van der Waals surface area contributed by atoms with Gasteiger partial charge >= 0.3 is 0 Å². The smallest absolute Gasteiger partial charge is 0.265 e. The van der Waals surface area contributed by atoms with Gasteiger partial charge in [-0.25, -0.2) is 13.1 Å². The van der Waals surface area contributed by atoms with Crippen LogP contribution < -0.4 is 14.4 Å². The van der Waals surface area contributed by atoms with Gasteiger partial charge < -0.3 is 9.26 Å². The van der Waals surface area contributed by atoms with Crippen molar-refractivity contribution in [1.82, 2.24) is 14.9 Å². The minimum atomic E-state index is -3.84. The van der Waals surface area contributed by atoms with Gasteiger partial charge in [0.1, 0.15) is 5.75 Å². The first-order valence-electron chi connectivity index (χ1n) is 10.4. The Morgan fingerprint density at radius 2 is 2.06 bits per heavy atom. The van der Waals surface area contributed by atoms with Gasteiger partial charge in [-0.3, -0.25) is 9.69 Å². The molecule has 1 N–H and O–H groups in total. The van der Waals surface area contributed by atoms with Gasteiger partial charge in [0, 0.05) is 13.0 Å². The van der Waals surface area contributed by atoms with E-state index >= 15 is 0 Å². The Labute approximate surface area is 185 Å². The monoisotopic (exact) mass is 454 g/mol. The van der Waals surface area contributed by atoms with E-state index in [1.807, 2.05) is 24.3 Å². The lowest BCUT2D eigenvalue weighted by Gasteiger charge is -2.29. The van der Waals surface area contributed by atoms with Crippen molar-refractivity contribution in [2.45, 2.75) is 43.7 Å². The largest absolute Gasteiger partial charge is 0.482 e. The van der Waals surface area contributed by atoms with Crippen molar-refractivity contribution in [1.29, 1.82) is 0 Å². The number of hydrogen-bond acceptors (Lipinski definition) is 7. The van der Waals surface area contributed by atoms with Crippen LogP contribution in [0, 0.1) is 6.92 Å². The van der Waals surface area contributed by atoms with Crippen LogP contribution in [-0.4, -0.2) is 31.1 Å². The zero-order valence-electron chi connectivity index (χ0n) is 17.4. The van der Waals surface area contributed by atoms with Crippen molar-refractivity contribution < 1.29 is 22.5 Å². The van der Waals surface area contributed by atoms with Crippen molar-refractivity contribution in [3.8, 4) is 5.75 Å². The molecule has 3 aromatic rings. The maximum absolute atomic E-state index is 13.3. The Hall–Kier alpha value is -3.24. The number of aromatic nitrogens is 2. The molecule has 1 unspecified atom stereocenters. The number of amides is 1. The Balaban J connectivity index is 1.45. The first-order chi connectivity index (χ1) is 15.4. The molecule has 1 aromatic heterocycles. The summed E-state index contributed by atoms with van der Waals surface area (Å²) < 4.78 is 39.8. The number of fused-ring (bicyclic) bond motifs is 2. The number of sulfonamides is 1. The second kappa shape index (κ2) is 8.03. The summed E-state index contributed by atoms with van der Waals surface area (Å²) in [4.78, 5) is 18.1. The second-order valence-corrected chi connectivity index (χ2v) is 9.61. The lowest BCUT2D eigenvalue weighted by Crippen LogP contribution is -2.39. The van der Waals surface area contributed by atoms with E-state index < -0.39 is 10.0 Å². The minimum Gasteiger partial charge on any atom is -0.482 e. The fourth-order valence-corrected chi connectivity index (χ4v) is 5.47. The van der Waals surface area contributed by atoms with E-state index in [9.17, 15) is 13.2 Å². The third kappa shape index (κ3) is 3.87. The average Bonchev–Trinajstić information content (AvgIpc) is 3.20. The molecule has 2 aromatic carbocycles. The van der Waals surface area contributed by atoms with Crippen LogP contribution in [0.1, 0.15) is 41.7 Å². The Bertz CT molecular complexity index is 1290. The van der Waals surface area contributed by atoms with Gasteiger partial charge in [0.25, 0.3) is 5.91 Å². The molecule has 0 saturated carbocycles. The normalized spacial score (nSPS) is 18.1. The van der Waals surface area contributed by atoms with Crippen LogP contribution in [0.15, 0.2) is 51.9 Å². The number of hydrogen-bond donors (Lipinski definition) is 1. The van der Waals surface area contributed by atoms with E-state index in [0.717, 1.165) is 30.4 Å². The van der Waals surface area contributed by atoms with Gasteiger partial charge in [0.15, 0.2) is 12.4 Å². The highest BCUT2D eigenvalue weighted by molar-refractivity contribution is 7.89. The van der Waals surface area contributed by atoms with Gasteiger partial charge in [0.05, 0.1) is 17.1 Å². The van der Waals surface area contributed by atoms with Crippen LogP contribution in [-0.2, 0) is 27.8 Å². The van der Waals surface area contributed by atoms with Gasteiger partial charge in [-0.1, -0.05) is 29.4 Å². The summed E-state index contributed by atoms with van der Waals surface area (Å²) in [6.45, 7) is 1.57. The molecule has 0 fully saturated rings. The predicted octanol–water partition coefficient (Wildman–Crippen LogP) is 2.66. The highest BCUT2D eigenvalue weighted by Gasteiger charge is 2.30. The molecular weight excluding hydrogens is 432 g/mol. The van der Waals surface area contributed by atoms with Gasteiger partial charge in [-0.15, -0.1) is 0 Å².